The third-order valence-corrected chi connectivity index (χ3v) is 6.00. The van der Waals surface area contributed by atoms with E-state index in [1.807, 2.05) is 33.3 Å². The van der Waals surface area contributed by atoms with Crippen molar-refractivity contribution in [1.82, 2.24) is 9.80 Å². The summed E-state index contributed by atoms with van der Waals surface area (Å²) in [4.78, 5) is 16.1. The topological polar surface area (TPSA) is 23.6 Å². The fraction of sp³-hybridized carbons (Fsp3) is 0.533. The molecule has 0 N–H and O–H groups in total. The third-order valence-electron chi connectivity index (χ3n) is 3.98. The molecular weight excluding hydrogens is 288 g/mol. The van der Waals surface area contributed by atoms with Gasteiger partial charge in [0, 0.05) is 24.6 Å². The molecule has 1 aromatic carbocycles. The van der Waals surface area contributed by atoms with E-state index in [1.165, 1.54) is 22.3 Å². The largest absolute Gasteiger partial charge is 0.321 e. The molecule has 1 aromatic rings. The number of hydrogen-bond acceptors (Lipinski definition) is 3. The minimum atomic E-state index is 0.209. The first kappa shape index (κ1) is 14.1. The third kappa shape index (κ3) is 2.79. The van der Waals surface area contributed by atoms with Crippen LogP contribution in [0.3, 0.4) is 0 Å². The van der Waals surface area contributed by atoms with Crippen molar-refractivity contribution in [1.29, 1.82) is 0 Å². The van der Waals surface area contributed by atoms with Gasteiger partial charge in [0.05, 0.1) is 11.8 Å². The van der Waals surface area contributed by atoms with Crippen LogP contribution >= 0.6 is 23.5 Å². The molecule has 0 atom stereocenters. The zero-order valence-electron chi connectivity index (χ0n) is 12.0. The van der Waals surface area contributed by atoms with Crippen molar-refractivity contribution in [3.05, 3.63) is 34.4 Å². The number of nitrogens with zero attached hydrogens (tertiary/aromatic N) is 2. The fourth-order valence-electron chi connectivity index (χ4n) is 2.65. The quantitative estimate of drug-likeness (QED) is 0.733. The fourth-order valence-corrected chi connectivity index (χ4v) is 4.81. The van der Waals surface area contributed by atoms with Gasteiger partial charge in [-0.3, -0.25) is 0 Å². The molecule has 4 rings (SSSR count). The summed E-state index contributed by atoms with van der Waals surface area (Å²) in [5.74, 6) is 3.59. The van der Waals surface area contributed by atoms with Crippen molar-refractivity contribution >= 4 is 29.6 Å². The van der Waals surface area contributed by atoms with Gasteiger partial charge in [0.1, 0.15) is 0 Å². The maximum atomic E-state index is 12.2. The molecule has 0 aliphatic carbocycles. The van der Waals surface area contributed by atoms with Crippen molar-refractivity contribution in [2.45, 2.75) is 25.4 Å². The van der Waals surface area contributed by atoms with Gasteiger partial charge in [0.2, 0.25) is 0 Å². The molecule has 0 spiro atoms. The van der Waals surface area contributed by atoms with E-state index >= 15 is 0 Å². The normalized spacial score (nSPS) is 19.8. The zero-order chi connectivity index (χ0) is 14.1. The second kappa shape index (κ2) is 5.90. The summed E-state index contributed by atoms with van der Waals surface area (Å²) in [5.41, 5.74) is 5.57. The van der Waals surface area contributed by atoms with Gasteiger partial charge in [-0.25, -0.2) is 4.79 Å². The predicted octanol–water partition coefficient (Wildman–Crippen LogP) is 3.44. The molecule has 3 heterocycles. The van der Waals surface area contributed by atoms with E-state index in [4.69, 9.17) is 0 Å². The van der Waals surface area contributed by atoms with E-state index in [9.17, 15) is 4.79 Å². The highest BCUT2D eigenvalue weighted by molar-refractivity contribution is 7.98. The van der Waals surface area contributed by atoms with Crippen molar-refractivity contribution in [2.75, 3.05) is 24.8 Å². The van der Waals surface area contributed by atoms with Gasteiger partial charge in [0.15, 0.2) is 0 Å². The molecule has 3 nitrogen and oxygen atoms in total. The van der Waals surface area contributed by atoms with Crippen LogP contribution in [0.25, 0.3) is 0 Å². The number of hydrogen-bond donors (Lipinski definition) is 0. The lowest BCUT2D eigenvalue weighted by Gasteiger charge is -2.17. The summed E-state index contributed by atoms with van der Waals surface area (Å²) in [7, 11) is 0. The average molecular weight is 308 g/mol. The number of carbonyl (C=O) groups is 1. The summed E-state index contributed by atoms with van der Waals surface area (Å²) < 4.78 is 0. The number of rotatable bonds is 0. The van der Waals surface area contributed by atoms with E-state index in [0.29, 0.717) is 0 Å². The first-order valence-corrected chi connectivity index (χ1v) is 9.24. The number of aryl methyl sites for hydroxylation is 2. The van der Waals surface area contributed by atoms with Crippen LogP contribution in [-0.2, 0) is 11.5 Å². The minimum absolute atomic E-state index is 0.209. The van der Waals surface area contributed by atoms with Gasteiger partial charge in [-0.15, -0.1) is 23.5 Å². The number of urea groups is 1. The molecule has 2 amide bonds. The van der Waals surface area contributed by atoms with Crippen LogP contribution in [0.2, 0.25) is 0 Å². The standard InChI is InChI=1S/C15H20N2OS2/c1-11-5-14-8-20-10-17-4-3-16(15(17)18)9-19-7-13(11)6-12(14)2/h5-6H,3-4,7-10H2,1-2H3. The second-order valence-corrected chi connectivity index (χ2v) is 7.38. The summed E-state index contributed by atoms with van der Waals surface area (Å²) in [6.07, 6.45) is 0. The van der Waals surface area contributed by atoms with Crippen LogP contribution in [0.4, 0.5) is 4.79 Å². The van der Waals surface area contributed by atoms with Gasteiger partial charge in [-0.05, 0) is 36.1 Å². The predicted molar refractivity (Wildman–Crippen MR) is 87.0 cm³/mol. The van der Waals surface area contributed by atoms with Crippen LogP contribution in [0.1, 0.15) is 22.3 Å². The lowest BCUT2D eigenvalue weighted by Crippen LogP contribution is -2.31. The van der Waals surface area contributed by atoms with Gasteiger partial charge in [-0.1, -0.05) is 12.1 Å². The van der Waals surface area contributed by atoms with Crippen molar-refractivity contribution in [2.24, 2.45) is 0 Å². The molecule has 0 radical (unpaired) electrons. The number of carbonyl (C=O) groups excluding carboxylic acids is 1. The molecule has 4 bridgehead atoms. The first-order chi connectivity index (χ1) is 9.65. The Balaban J connectivity index is 1.85. The Kier molecular flexibility index (Phi) is 4.17. The Bertz CT molecular complexity index is 487. The number of thioether (sulfide) groups is 2. The van der Waals surface area contributed by atoms with Crippen LogP contribution in [-0.4, -0.2) is 40.7 Å². The molecule has 3 aliphatic heterocycles. The molecule has 1 saturated heterocycles. The Morgan fingerprint density at radius 1 is 0.900 bits per heavy atom. The minimum Gasteiger partial charge on any atom is -0.314 e. The summed E-state index contributed by atoms with van der Waals surface area (Å²) in [6, 6.07) is 4.86. The molecule has 0 aromatic heterocycles. The SMILES string of the molecule is Cc1cc2c(C)cc1CSCN1CCN(CSC2)C1=O. The molecule has 3 aliphatic rings. The maximum Gasteiger partial charge on any atom is 0.321 e. The van der Waals surface area contributed by atoms with Crippen molar-refractivity contribution in [3.8, 4) is 0 Å². The number of fused-ring (bicyclic) bond motifs is 6. The van der Waals surface area contributed by atoms with E-state index in [-0.39, 0.29) is 6.03 Å². The summed E-state index contributed by atoms with van der Waals surface area (Å²) in [6.45, 7) is 6.15. The highest BCUT2D eigenvalue weighted by Gasteiger charge is 2.28. The molecule has 5 heteroatoms. The van der Waals surface area contributed by atoms with Crippen LogP contribution in [0.15, 0.2) is 12.1 Å². The highest BCUT2D eigenvalue weighted by Crippen LogP contribution is 2.27. The van der Waals surface area contributed by atoms with Gasteiger partial charge in [0.25, 0.3) is 0 Å². The van der Waals surface area contributed by atoms with Crippen LogP contribution in [0, 0.1) is 13.8 Å². The van der Waals surface area contributed by atoms with Gasteiger partial charge < -0.3 is 9.80 Å². The molecule has 1 fully saturated rings. The van der Waals surface area contributed by atoms with Crippen LogP contribution < -0.4 is 0 Å². The molecular formula is C15H20N2OS2. The smallest absolute Gasteiger partial charge is 0.314 e. The molecule has 0 unspecified atom stereocenters. The number of amides is 2. The van der Waals surface area contributed by atoms with E-state index in [2.05, 4.69) is 26.0 Å². The molecule has 108 valence electrons. The Morgan fingerprint density at radius 3 is 1.80 bits per heavy atom. The molecule has 20 heavy (non-hydrogen) atoms. The summed E-state index contributed by atoms with van der Waals surface area (Å²) in [5, 5.41) is 0. The van der Waals surface area contributed by atoms with Gasteiger partial charge in [-0.2, -0.15) is 0 Å². The van der Waals surface area contributed by atoms with Crippen molar-refractivity contribution in [3.63, 3.8) is 0 Å². The Labute approximate surface area is 129 Å². The second-order valence-electron chi connectivity index (χ2n) is 5.47. The van der Waals surface area contributed by atoms with E-state index in [1.54, 1.807) is 0 Å². The number of benzene rings is 1. The summed E-state index contributed by atoms with van der Waals surface area (Å²) >= 11 is 3.68. The van der Waals surface area contributed by atoms with E-state index in [0.717, 1.165) is 36.3 Å². The maximum absolute atomic E-state index is 12.2. The molecule has 0 saturated carbocycles. The monoisotopic (exact) mass is 308 g/mol. The Hall–Kier alpha value is -0.810. The van der Waals surface area contributed by atoms with Gasteiger partial charge >= 0.3 is 6.03 Å². The van der Waals surface area contributed by atoms with Crippen molar-refractivity contribution < 1.29 is 4.79 Å². The zero-order valence-corrected chi connectivity index (χ0v) is 13.6. The lowest BCUT2D eigenvalue weighted by atomic mass is 10.0. The lowest BCUT2D eigenvalue weighted by molar-refractivity contribution is 0.203. The average Bonchev–Trinajstić information content (AvgIpc) is 2.76. The Morgan fingerprint density at radius 2 is 1.35 bits per heavy atom. The highest BCUT2D eigenvalue weighted by atomic mass is 32.2. The van der Waals surface area contributed by atoms with Crippen LogP contribution in [0.5, 0.6) is 0 Å². The van der Waals surface area contributed by atoms with E-state index < -0.39 is 0 Å². The first-order valence-electron chi connectivity index (χ1n) is 6.93.